The number of hydrogen-bond acceptors (Lipinski definition) is 2. The average Bonchev–Trinajstić information content (AvgIpc) is 2.47. The van der Waals surface area contributed by atoms with Gasteiger partial charge in [0.2, 0.25) is 0 Å². The van der Waals surface area contributed by atoms with Crippen molar-refractivity contribution in [3.8, 4) is 0 Å². The summed E-state index contributed by atoms with van der Waals surface area (Å²) in [5, 5.41) is 1.84. The second-order valence-corrected chi connectivity index (χ2v) is 4.45. The van der Waals surface area contributed by atoms with Gasteiger partial charge in [-0.05, 0) is 25.5 Å². The Morgan fingerprint density at radius 2 is 1.90 bits per heavy atom. The van der Waals surface area contributed by atoms with Crippen LogP contribution in [0.5, 0.6) is 0 Å². The zero-order chi connectivity index (χ0) is 15.9. The van der Waals surface area contributed by atoms with Crippen molar-refractivity contribution in [3.05, 3.63) is 30.3 Å². The van der Waals surface area contributed by atoms with E-state index in [9.17, 15) is 22.4 Å². The van der Waals surface area contributed by atoms with Gasteiger partial charge in [-0.15, -0.1) is 0 Å². The number of hydrogen-bond donors (Lipinski definition) is 1. The smallest absolute Gasteiger partial charge is 0.372 e. The molecule has 0 unspecified atom stereocenters. The number of carbonyl (C=O) groups excluding carboxylic acids is 1. The van der Waals surface area contributed by atoms with Crippen LogP contribution in [0.15, 0.2) is 30.3 Å². The number of carbonyl (C=O) groups is 1. The Kier molecular flexibility index (Phi) is 6.45. The van der Waals surface area contributed by atoms with Gasteiger partial charge < -0.3 is 10.2 Å². The summed E-state index contributed by atoms with van der Waals surface area (Å²) in [5.41, 5.74) is 0.976. The molecular formula is C14H18F4N2O. The summed E-state index contributed by atoms with van der Waals surface area (Å²) >= 11 is 0. The minimum Gasteiger partial charge on any atom is -0.372 e. The van der Waals surface area contributed by atoms with Crippen LogP contribution < -0.4 is 10.2 Å². The summed E-state index contributed by atoms with van der Waals surface area (Å²) in [6.45, 7) is 3.10. The average molecular weight is 306 g/mol. The van der Waals surface area contributed by atoms with Gasteiger partial charge in [0.25, 0.3) is 5.91 Å². The van der Waals surface area contributed by atoms with Crippen molar-refractivity contribution in [2.45, 2.75) is 25.7 Å². The minimum atomic E-state index is -4.64. The topological polar surface area (TPSA) is 32.3 Å². The number of rotatable bonds is 8. The number of nitrogens with one attached hydrogen (secondary N) is 1. The van der Waals surface area contributed by atoms with E-state index in [-0.39, 0.29) is 6.54 Å². The minimum absolute atomic E-state index is 0.0789. The largest absolute Gasteiger partial charge is 0.383 e. The second kappa shape index (κ2) is 7.85. The summed E-state index contributed by atoms with van der Waals surface area (Å²) < 4.78 is 49.3. The summed E-state index contributed by atoms with van der Waals surface area (Å²) in [4.78, 5) is 12.9. The van der Waals surface area contributed by atoms with Gasteiger partial charge in [0.05, 0.1) is 0 Å². The highest BCUT2D eigenvalue weighted by atomic mass is 19.3. The first-order chi connectivity index (χ1) is 9.89. The standard InChI is InChI=1S/C14H18F4N2O/c1-2-20(11-7-4-3-5-8-11)10-6-9-19-13(21)14(17,18)12(15)16/h3-5,7-8,12H,2,6,9-10H2,1H3,(H,19,21). The van der Waals surface area contributed by atoms with E-state index in [2.05, 4.69) is 0 Å². The predicted octanol–water partition coefficient (Wildman–Crippen LogP) is 2.92. The van der Waals surface area contributed by atoms with Crippen molar-refractivity contribution in [1.82, 2.24) is 5.32 Å². The molecule has 0 spiro atoms. The van der Waals surface area contributed by atoms with Gasteiger partial charge in [0.15, 0.2) is 0 Å². The van der Waals surface area contributed by atoms with Gasteiger partial charge >= 0.3 is 12.3 Å². The maximum atomic E-state index is 12.7. The highest BCUT2D eigenvalue weighted by Crippen LogP contribution is 2.22. The maximum Gasteiger partial charge on any atom is 0.383 e. The number of alkyl halides is 4. The van der Waals surface area contributed by atoms with Crippen LogP contribution >= 0.6 is 0 Å². The van der Waals surface area contributed by atoms with Gasteiger partial charge in [-0.25, -0.2) is 8.78 Å². The molecule has 3 nitrogen and oxygen atoms in total. The van der Waals surface area contributed by atoms with Crippen LogP contribution in [0.25, 0.3) is 0 Å². The van der Waals surface area contributed by atoms with Crippen LogP contribution in [0.1, 0.15) is 13.3 Å². The molecule has 0 saturated heterocycles. The molecule has 0 aliphatic heterocycles. The Morgan fingerprint density at radius 1 is 1.29 bits per heavy atom. The summed E-state index contributed by atoms with van der Waals surface area (Å²) in [6.07, 6.45) is -3.61. The normalized spacial score (nSPS) is 11.5. The van der Waals surface area contributed by atoms with Crippen LogP contribution in [0.3, 0.4) is 0 Å². The third-order valence-corrected chi connectivity index (χ3v) is 2.97. The Labute approximate surface area is 120 Å². The quantitative estimate of drug-likeness (QED) is 0.591. The first kappa shape index (κ1) is 17.3. The molecule has 0 saturated carbocycles. The highest BCUT2D eigenvalue weighted by molar-refractivity contribution is 5.83. The van der Waals surface area contributed by atoms with Crippen molar-refractivity contribution in [2.75, 3.05) is 24.5 Å². The van der Waals surface area contributed by atoms with Crippen molar-refractivity contribution >= 4 is 11.6 Å². The summed E-state index contributed by atoms with van der Waals surface area (Å²) in [5.74, 6) is -6.57. The van der Waals surface area contributed by atoms with Crippen molar-refractivity contribution in [2.24, 2.45) is 0 Å². The summed E-state index contributed by atoms with van der Waals surface area (Å²) in [7, 11) is 0. The zero-order valence-corrected chi connectivity index (χ0v) is 11.7. The van der Waals surface area contributed by atoms with Gasteiger partial charge in [0.1, 0.15) is 0 Å². The lowest BCUT2D eigenvalue weighted by atomic mass is 10.2. The van der Waals surface area contributed by atoms with Gasteiger partial charge in [-0.2, -0.15) is 8.78 Å². The molecule has 0 bridgehead atoms. The molecule has 7 heteroatoms. The molecule has 1 N–H and O–H groups in total. The molecule has 118 valence electrons. The molecular weight excluding hydrogens is 288 g/mol. The van der Waals surface area contributed by atoms with Crippen molar-refractivity contribution in [1.29, 1.82) is 0 Å². The lowest BCUT2D eigenvalue weighted by Gasteiger charge is -2.23. The fraction of sp³-hybridized carbons (Fsp3) is 0.500. The van der Waals surface area contributed by atoms with E-state index in [4.69, 9.17) is 0 Å². The number of anilines is 1. The van der Waals surface area contributed by atoms with Crippen molar-refractivity contribution in [3.63, 3.8) is 0 Å². The number of nitrogens with zero attached hydrogens (tertiary/aromatic N) is 1. The molecule has 1 amide bonds. The van der Waals surface area contributed by atoms with Crippen LogP contribution in [0.4, 0.5) is 23.2 Å². The number of amides is 1. The van der Waals surface area contributed by atoms with Gasteiger partial charge in [-0.3, -0.25) is 4.79 Å². The van der Waals surface area contributed by atoms with E-state index in [0.717, 1.165) is 5.69 Å². The molecule has 0 aliphatic rings. The Balaban J connectivity index is 2.38. The van der Waals surface area contributed by atoms with E-state index in [1.54, 1.807) is 0 Å². The Hall–Kier alpha value is -1.79. The maximum absolute atomic E-state index is 12.7. The van der Waals surface area contributed by atoms with Crippen molar-refractivity contribution < 1.29 is 22.4 Å². The van der Waals surface area contributed by atoms with Crippen LogP contribution in [-0.4, -0.2) is 37.9 Å². The molecule has 21 heavy (non-hydrogen) atoms. The molecule has 0 fully saturated rings. The van der Waals surface area contributed by atoms with E-state index in [1.165, 1.54) is 0 Å². The summed E-state index contributed by atoms with van der Waals surface area (Å²) in [6, 6.07) is 9.45. The molecule has 0 radical (unpaired) electrons. The van der Waals surface area contributed by atoms with Gasteiger partial charge in [-0.1, -0.05) is 18.2 Å². The molecule has 1 rings (SSSR count). The van der Waals surface area contributed by atoms with Crippen LogP contribution in [-0.2, 0) is 4.79 Å². The third-order valence-electron chi connectivity index (χ3n) is 2.97. The Morgan fingerprint density at radius 3 is 2.43 bits per heavy atom. The van der Waals surface area contributed by atoms with Gasteiger partial charge in [0, 0.05) is 25.3 Å². The Bertz CT molecular complexity index is 440. The third kappa shape index (κ3) is 4.91. The number of para-hydroxylation sites is 1. The van der Waals surface area contributed by atoms with E-state index < -0.39 is 18.3 Å². The van der Waals surface area contributed by atoms with E-state index >= 15 is 0 Å². The molecule has 1 aromatic rings. The first-order valence-electron chi connectivity index (χ1n) is 6.63. The molecule has 0 heterocycles. The van der Waals surface area contributed by atoms with Crippen LogP contribution in [0, 0.1) is 0 Å². The fourth-order valence-electron chi connectivity index (χ4n) is 1.80. The number of benzene rings is 1. The zero-order valence-electron chi connectivity index (χ0n) is 11.7. The molecule has 1 aromatic carbocycles. The van der Waals surface area contributed by atoms with E-state index in [1.807, 2.05) is 47.5 Å². The first-order valence-corrected chi connectivity index (χ1v) is 6.63. The molecule has 0 atom stereocenters. The monoisotopic (exact) mass is 306 g/mol. The SMILES string of the molecule is CCN(CCCNC(=O)C(F)(F)C(F)F)c1ccccc1. The highest BCUT2D eigenvalue weighted by Gasteiger charge is 2.48. The fourth-order valence-corrected chi connectivity index (χ4v) is 1.80. The number of halogens is 4. The lowest BCUT2D eigenvalue weighted by molar-refractivity contribution is -0.169. The lowest BCUT2D eigenvalue weighted by Crippen LogP contribution is -2.45. The second-order valence-electron chi connectivity index (χ2n) is 4.45. The molecule has 0 aromatic heterocycles. The van der Waals surface area contributed by atoms with E-state index in [0.29, 0.717) is 19.5 Å². The molecule has 0 aliphatic carbocycles. The predicted molar refractivity (Wildman–Crippen MR) is 72.9 cm³/mol. The van der Waals surface area contributed by atoms with Crippen LogP contribution in [0.2, 0.25) is 0 Å².